The minimum Gasteiger partial charge on any atom is -0.465 e. The molecule has 2 heterocycles. The van der Waals surface area contributed by atoms with Gasteiger partial charge in [0.25, 0.3) is 0 Å². The van der Waals surface area contributed by atoms with E-state index in [1.807, 2.05) is 6.92 Å². The normalized spacial score (nSPS) is 15.3. The Kier molecular flexibility index (Phi) is 8.32. The molecule has 33 heavy (non-hydrogen) atoms. The zero-order valence-electron chi connectivity index (χ0n) is 18.6. The first-order valence-electron chi connectivity index (χ1n) is 10.7. The molecule has 180 valence electrons. The molecule has 1 aromatic carbocycles. The smallest absolute Gasteiger partial charge is 0.316 e. The first kappa shape index (κ1) is 25.0. The highest BCUT2D eigenvalue weighted by molar-refractivity contribution is 7.99. The number of carbonyl (C=O) groups is 2. The van der Waals surface area contributed by atoms with Gasteiger partial charge in [-0.1, -0.05) is 18.7 Å². The standard InChI is InChI=1S/C20H28N6O5S2/c1-3-16(26-19(21)23-24-20(26)32-13-17(27)31-4-2)18(28)22-14-7-9-15(10-8-14)33(29,30)25-11-5-6-12-25/h7-10,16H,3-6,11-13H2,1-2H3,(H2,21,23)(H,22,28). The van der Waals surface area contributed by atoms with Crippen LogP contribution in [0.5, 0.6) is 0 Å². The highest BCUT2D eigenvalue weighted by Crippen LogP contribution is 2.27. The quantitative estimate of drug-likeness (QED) is 0.371. The van der Waals surface area contributed by atoms with E-state index in [2.05, 4.69) is 15.5 Å². The van der Waals surface area contributed by atoms with Crippen LogP contribution in [0.25, 0.3) is 0 Å². The Balaban J connectivity index is 1.71. The van der Waals surface area contributed by atoms with Crippen LogP contribution in [-0.4, -0.2) is 64.8 Å². The van der Waals surface area contributed by atoms with Gasteiger partial charge in [-0.15, -0.1) is 10.2 Å². The van der Waals surface area contributed by atoms with Crippen LogP contribution in [0.4, 0.5) is 11.6 Å². The van der Waals surface area contributed by atoms with Gasteiger partial charge in [0.15, 0.2) is 5.16 Å². The number of rotatable bonds is 10. The number of nitrogens with zero attached hydrogens (tertiary/aromatic N) is 4. The van der Waals surface area contributed by atoms with E-state index in [4.69, 9.17) is 10.5 Å². The maximum absolute atomic E-state index is 13.0. The number of nitrogens with two attached hydrogens (primary N) is 1. The molecule has 13 heteroatoms. The largest absolute Gasteiger partial charge is 0.465 e. The molecule has 11 nitrogen and oxygen atoms in total. The van der Waals surface area contributed by atoms with Crippen LogP contribution in [0.1, 0.15) is 39.2 Å². The molecule has 3 N–H and O–H groups in total. The van der Waals surface area contributed by atoms with Crippen molar-refractivity contribution in [1.82, 2.24) is 19.1 Å². The van der Waals surface area contributed by atoms with Crippen molar-refractivity contribution in [3.05, 3.63) is 24.3 Å². The van der Waals surface area contributed by atoms with E-state index in [1.54, 1.807) is 19.1 Å². The van der Waals surface area contributed by atoms with Gasteiger partial charge in [0, 0.05) is 18.8 Å². The van der Waals surface area contributed by atoms with Crippen LogP contribution < -0.4 is 11.1 Å². The lowest BCUT2D eigenvalue weighted by Gasteiger charge is -2.19. The van der Waals surface area contributed by atoms with E-state index in [0.717, 1.165) is 24.6 Å². The monoisotopic (exact) mass is 496 g/mol. The molecule has 1 amide bonds. The van der Waals surface area contributed by atoms with E-state index >= 15 is 0 Å². The Morgan fingerprint density at radius 2 is 1.85 bits per heavy atom. The molecule has 1 unspecified atom stereocenters. The number of hydrogen-bond donors (Lipinski definition) is 2. The zero-order chi connectivity index (χ0) is 24.0. The van der Waals surface area contributed by atoms with Gasteiger partial charge in [-0.05, 0) is 50.5 Å². The fourth-order valence-electron chi connectivity index (χ4n) is 3.50. The summed E-state index contributed by atoms with van der Waals surface area (Å²) in [6.45, 7) is 4.85. The summed E-state index contributed by atoms with van der Waals surface area (Å²) in [6.07, 6.45) is 2.11. The van der Waals surface area contributed by atoms with Crippen molar-refractivity contribution in [3.8, 4) is 0 Å². The lowest BCUT2D eigenvalue weighted by atomic mass is 10.2. The zero-order valence-corrected chi connectivity index (χ0v) is 20.2. The van der Waals surface area contributed by atoms with E-state index in [9.17, 15) is 18.0 Å². The number of sulfonamides is 1. The summed E-state index contributed by atoms with van der Waals surface area (Å²) in [5.74, 6) is -0.707. The number of thioether (sulfide) groups is 1. The molecule has 3 rings (SSSR count). The second kappa shape index (κ2) is 11.0. The van der Waals surface area contributed by atoms with Gasteiger partial charge in [-0.25, -0.2) is 8.42 Å². The number of amides is 1. The molecule has 0 spiro atoms. The molecule has 1 aliphatic rings. The van der Waals surface area contributed by atoms with Gasteiger partial charge >= 0.3 is 5.97 Å². The Morgan fingerprint density at radius 1 is 1.18 bits per heavy atom. The fourth-order valence-corrected chi connectivity index (χ4v) is 5.81. The average Bonchev–Trinajstić information content (AvgIpc) is 3.45. The number of carbonyl (C=O) groups excluding carboxylic acids is 2. The molecule has 1 fully saturated rings. The SMILES string of the molecule is CCOC(=O)CSc1nnc(N)n1C(CC)C(=O)Nc1ccc(S(=O)(=O)N2CCCC2)cc1. The van der Waals surface area contributed by atoms with Crippen molar-refractivity contribution in [2.24, 2.45) is 0 Å². The van der Waals surface area contributed by atoms with Crippen LogP contribution in [0.3, 0.4) is 0 Å². The van der Waals surface area contributed by atoms with Crippen molar-refractivity contribution in [2.45, 2.75) is 49.2 Å². The van der Waals surface area contributed by atoms with Crippen molar-refractivity contribution in [3.63, 3.8) is 0 Å². The molecule has 1 saturated heterocycles. The topological polar surface area (TPSA) is 150 Å². The van der Waals surface area contributed by atoms with Crippen LogP contribution in [0.15, 0.2) is 34.3 Å². The third-order valence-corrected chi connectivity index (χ3v) is 7.97. The molecule has 1 aliphatic heterocycles. The fraction of sp³-hybridized carbons (Fsp3) is 0.500. The lowest BCUT2D eigenvalue weighted by molar-refractivity contribution is -0.139. The second-order valence-electron chi connectivity index (χ2n) is 7.35. The van der Waals surface area contributed by atoms with Gasteiger partial charge in [0.05, 0.1) is 17.3 Å². The summed E-state index contributed by atoms with van der Waals surface area (Å²) >= 11 is 1.08. The molecule has 0 radical (unpaired) electrons. The number of ether oxygens (including phenoxy) is 1. The van der Waals surface area contributed by atoms with Gasteiger partial charge in [0.1, 0.15) is 6.04 Å². The highest BCUT2D eigenvalue weighted by atomic mass is 32.2. The van der Waals surface area contributed by atoms with Crippen molar-refractivity contribution < 1.29 is 22.7 Å². The Hall–Kier alpha value is -2.64. The number of nitrogen functional groups attached to an aromatic ring is 1. The number of hydrogen-bond acceptors (Lipinski definition) is 9. The molecule has 2 aromatic rings. The number of esters is 1. The van der Waals surface area contributed by atoms with Crippen molar-refractivity contribution >= 4 is 45.3 Å². The van der Waals surface area contributed by atoms with Crippen LogP contribution in [-0.2, 0) is 24.3 Å². The number of anilines is 2. The van der Waals surface area contributed by atoms with Crippen LogP contribution in [0, 0.1) is 0 Å². The summed E-state index contributed by atoms with van der Waals surface area (Å²) in [5.41, 5.74) is 6.40. The minimum absolute atomic E-state index is 0.0109. The van der Waals surface area contributed by atoms with Crippen LogP contribution >= 0.6 is 11.8 Å². The van der Waals surface area contributed by atoms with Crippen molar-refractivity contribution in [2.75, 3.05) is 36.5 Å². The summed E-state index contributed by atoms with van der Waals surface area (Å²) in [5, 5.41) is 10.9. The van der Waals surface area contributed by atoms with Gasteiger partial charge in [0.2, 0.25) is 21.9 Å². The first-order valence-corrected chi connectivity index (χ1v) is 13.1. The maximum atomic E-state index is 13.0. The van der Waals surface area contributed by atoms with E-state index in [-0.39, 0.29) is 29.1 Å². The van der Waals surface area contributed by atoms with Crippen LogP contribution in [0.2, 0.25) is 0 Å². The number of aromatic nitrogens is 3. The van der Waals surface area contributed by atoms with E-state index in [1.165, 1.54) is 21.0 Å². The molecule has 1 atom stereocenters. The van der Waals surface area contributed by atoms with Gasteiger partial charge in [-0.2, -0.15) is 4.31 Å². The summed E-state index contributed by atoms with van der Waals surface area (Å²) in [4.78, 5) is 24.9. The molecule has 0 bridgehead atoms. The molecule has 0 saturated carbocycles. The van der Waals surface area contributed by atoms with Crippen molar-refractivity contribution in [1.29, 1.82) is 0 Å². The lowest BCUT2D eigenvalue weighted by Crippen LogP contribution is -2.28. The molecular formula is C20H28N6O5S2. The van der Waals surface area contributed by atoms with Gasteiger partial charge < -0.3 is 15.8 Å². The molecular weight excluding hydrogens is 468 g/mol. The maximum Gasteiger partial charge on any atom is 0.316 e. The van der Waals surface area contributed by atoms with E-state index in [0.29, 0.717) is 30.4 Å². The Bertz CT molecular complexity index is 1080. The summed E-state index contributed by atoms with van der Waals surface area (Å²) < 4.78 is 33.2. The predicted octanol–water partition coefficient (Wildman–Crippen LogP) is 1.89. The summed E-state index contributed by atoms with van der Waals surface area (Å²) in [7, 11) is -3.53. The van der Waals surface area contributed by atoms with Gasteiger partial charge in [-0.3, -0.25) is 14.2 Å². The van der Waals surface area contributed by atoms with E-state index < -0.39 is 22.0 Å². The summed E-state index contributed by atoms with van der Waals surface area (Å²) in [6, 6.07) is 5.35. The Morgan fingerprint density at radius 3 is 2.45 bits per heavy atom. The third kappa shape index (κ3) is 5.84. The number of benzene rings is 1. The average molecular weight is 497 g/mol. The first-order chi connectivity index (χ1) is 15.8. The predicted molar refractivity (Wildman–Crippen MR) is 124 cm³/mol. The molecule has 0 aliphatic carbocycles. The second-order valence-corrected chi connectivity index (χ2v) is 10.2. The Labute approximate surface area is 197 Å². The molecule has 1 aromatic heterocycles. The number of nitrogens with one attached hydrogen (secondary N) is 1. The minimum atomic E-state index is -3.53. The highest BCUT2D eigenvalue weighted by Gasteiger charge is 2.28. The third-order valence-electron chi connectivity index (χ3n) is 5.14.